The second-order valence-electron chi connectivity index (χ2n) is 3.85. The van der Waals surface area contributed by atoms with Gasteiger partial charge in [-0.2, -0.15) is 0 Å². The minimum absolute atomic E-state index is 0.0203. The number of benzene rings is 1. The summed E-state index contributed by atoms with van der Waals surface area (Å²) in [5.74, 6) is 0. The second kappa shape index (κ2) is 3.77. The summed E-state index contributed by atoms with van der Waals surface area (Å²) in [6.45, 7) is 3.96. The van der Waals surface area contributed by atoms with Crippen molar-refractivity contribution in [1.29, 1.82) is 0 Å². The Kier molecular flexibility index (Phi) is 2.46. The van der Waals surface area contributed by atoms with E-state index >= 15 is 0 Å². The van der Waals surface area contributed by atoms with Crippen LogP contribution < -0.4 is 5.56 Å². The van der Waals surface area contributed by atoms with Crippen LogP contribution in [0.15, 0.2) is 29.1 Å². The highest BCUT2D eigenvalue weighted by Crippen LogP contribution is 2.09. The molecule has 0 saturated heterocycles. The molecule has 0 saturated carbocycles. The van der Waals surface area contributed by atoms with Crippen LogP contribution in [0.25, 0.3) is 0 Å². The van der Waals surface area contributed by atoms with Crippen LogP contribution in [0.1, 0.15) is 22.4 Å². The van der Waals surface area contributed by atoms with Crippen LogP contribution in [0.3, 0.4) is 0 Å². The molecule has 78 valence electrons. The molecule has 0 atom stereocenters. The first-order valence-corrected chi connectivity index (χ1v) is 4.98. The lowest BCUT2D eigenvalue weighted by Crippen LogP contribution is -2.06. The van der Waals surface area contributed by atoms with Crippen molar-refractivity contribution in [3.8, 4) is 0 Å². The molecule has 0 bridgehead atoms. The molecule has 0 unspecified atom stereocenters. The molecule has 0 amide bonds. The average molecular weight is 202 g/mol. The molecular formula is C12H14N2O. The largest absolute Gasteiger partial charge is 0.302 e. The molecule has 15 heavy (non-hydrogen) atoms. The summed E-state index contributed by atoms with van der Waals surface area (Å²) < 4.78 is 0. The standard InChI is InChI=1S/C12H14N2O/c1-8-3-5-10(6-4-8)7-11-9(2)13-14-12(11)15/h3-6H,7H2,1-2H3,(H2,13,14,15). The first-order valence-electron chi connectivity index (χ1n) is 4.98. The molecule has 0 aliphatic carbocycles. The molecule has 1 aromatic carbocycles. The van der Waals surface area contributed by atoms with E-state index < -0.39 is 0 Å². The molecule has 3 heteroatoms. The number of H-pyrrole nitrogens is 2. The number of aromatic nitrogens is 2. The van der Waals surface area contributed by atoms with Gasteiger partial charge in [-0.3, -0.25) is 9.89 Å². The maximum Gasteiger partial charge on any atom is 0.267 e. The molecule has 0 aliphatic heterocycles. The highest BCUT2D eigenvalue weighted by Gasteiger charge is 2.06. The van der Waals surface area contributed by atoms with Gasteiger partial charge >= 0.3 is 0 Å². The Labute approximate surface area is 88.1 Å². The molecular weight excluding hydrogens is 188 g/mol. The van der Waals surface area contributed by atoms with E-state index in [1.54, 1.807) is 0 Å². The Balaban J connectivity index is 2.29. The van der Waals surface area contributed by atoms with E-state index in [2.05, 4.69) is 41.4 Å². The Morgan fingerprint density at radius 1 is 1.07 bits per heavy atom. The van der Waals surface area contributed by atoms with Gasteiger partial charge in [0, 0.05) is 17.7 Å². The maximum atomic E-state index is 11.4. The number of rotatable bonds is 2. The normalized spacial score (nSPS) is 10.5. The molecule has 3 nitrogen and oxygen atoms in total. The number of aryl methyl sites for hydroxylation is 2. The van der Waals surface area contributed by atoms with Crippen molar-refractivity contribution in [2.45, 2.75) is 20.3 Å². The van der Waals surface area contributed by atoms with Gasteiger partial charge in [0.1, 0.15) is 0 Å². The van der Waals surface area contributed by atoms with E-state index in [1.165, 1.54) is 5.56 Å². The van der Waals surface area contributed by atoms with Crippen LogP contribution in [0.5, 0.6) is 0 Å². The summed E-state index contributed by atoms with van der Waals surface area (Å²) >= 11 is 0. The fraction of sp³-hybridized carbons (Fsp3) is 0.250. The Bertz CT molecular complexity index is 505. The van der Waals surface area contributed by atoms with Gasteiger partial charge in [0.25, 0.3) is 5.56 Å². The molecule has 0 spiro atoms. The Morgan fingerprint density at radius 3 is 2.27 bits per heavy atom. The van der Waals surface area contributed by atoms with Crippen molar-refractivity contribution in [2.24, 2.45) is 0 Å². The van der Waals surface area contributed by atoms with Gasteiger partial charge in [-0.25, -0.2) is 0 Å². The highest BCUT2D eigenvalue weighted by molar-refractivity contribution is 5.28. The number of nitrogens with one attached hydrogen (secondary N) is 2. The van der Waals surface area contributed by atoms with Gasteiger partial charge in [-0.05, 0) is 19.4 Å². The van der Waals surface area contributed by atoms with Crippen LogP contribution in [0.2, 0.25) is 0 Å². The van der Waals surface area contributed by atoms with Crippen LogP contribution in [-0.2, 0) is 6.42 Å². The molecule has 0 radical (unpaired) electrons. The van der Waals surface area contributed by atoms with E-state index in [4.69, 9.17) is 0 Å². The van der Waals surface area contributed by atoms with Gasteiger partial charge in [0.05, 0.1) is 0 Å². The van der Waals surface area contributed by atoms with E-state index in [9.17, 15) is 4.79 Å². The zero-order valence-corrected chi connectivity index (χ0v) is 8.92. The minimum Gasteiger partial charge on any atom is -0.302 e. The summed E-state index contributed by atoms with van der Waals surface area (Å²) in [7, 11) is 0. The van der Waals surface area contributed by atoms with Crippen LogP contribution in [-0.4, -0.2) is 10.2 Å². The molecule has 2 rings (SSSR count). The second-order valence-corrected chi connectivity index (χ2v) is 3.85. The zero-order chi connectivity index (χ0) is 10.8. The van der Waals surface area contributed by atoms with Crippen molar-refractivity contribution in [2.75, 3.05) is 0 Å². The van der Waals surface area contributed by atoms with Gasteiger partial charge in [0.15, 0.2) is 0 Å². The zero-order valence-electron chi connectivity index (χ0n) is 8.92. The molecule has 1 heterocycles. The summed E-state index contributed by atoms with van der Waals surface area (Å²) in [6, 6.07) is 8.24. The third kappa shape index (κ3) is 2.01. The molecule has 2 aromatic rings. The predicted molar refractivity (Wildman–Crippen MR) is 60.1 cm³/mol. The van der Waals surface area contributed by atoms with Crippen LogP contribution in [0, 0.1) is 13.8 Å². The first kappa shape index (κ1) is 9.77. The Hall–Kier alpha value is -1.77. The van der Waals surface area contributed by atoms with Crippen molar-refractivity contribution in [1.82, 2.24) is 10.2 Å². The van der Waals surface area contributed by atoms with Crippen molar-refractivity contribution in [3.63, 3.8) is 0 Å². The average Bonchev–Trinajstić information content (AvgIpc) is 2.53. The minimum atomic E-state index is -0.0203. The maximum absolute atomic E-state index is 11.4. The van der Waals surface area contributed by atoms with Crippen LogP contribution >= 0.6 is 0 Å². The number of hydrogen-bond acceptors (Lipinski definition) is 1. The summed E-state index contributed by atoms with van der Waals surface area (Å²) in [5, 5.41) is 5.42. The fourth-order valence-corrected chi connectivity index (χ4v) is 1.59. The summed E-state index contributed by atoms with van der Waals surface area (Å²) in [6.07, 6.45) is 0.685. The number of hydrogen-bond donors (Lipinski definition) is 2. The molecule has 0 fully saturated rings. The van der Waals surface area contributed by atoms with E-state index in [0.29, 0.717) is 6.42 Å². The molecule has 2 N–H and O–H groups in total. The summed E-state index contributed by atoms with van der Waals surface area (Å²) in [4.78, 5) is 11.4. The van der Waals surface area contributed by atoms with Crippen molar-refractivity contribution in [3.05, 3.63) is 57.0 Å². The summed E-state index contributed by atoms with van der Waals surface area (Å²) in [5.41, 5.74) is 4.11. The van der Waals surface area contributed by atoms with E-state index in [-0.39, 0.29) is 5.56 Å². The third-order valence-corrected chi connectivity index (χ3v) is 2.59. The van der Waals surface area contributed by atoms with Gasteiger partial charge in [0.2, 0.25) is 0 Å². The smallest absolute Gasteiger partial charge is 0.267 e. The van der Waals surface area contributed by atoms with E-state index in [0.717, 1.165) is 16.8 Å². The topological polar surface area (TPSA) is 48.6 Å². The van der Waals surface area contributed by atoms with E-state index in [1.807, 2.05) is 6.92 Å². The predicted octanol–water partition coefficient (Wildman–Crippen LogP) is 1.91. The monoisotopic (exact) mass is 202 g/mol. The highest BCUT2D eigenvalue weighted by atomic mass is 16.1. The number of aromatic amines is 2. The lowest BCUT2D eigenvalue weighted by Gasteiger charge is -2.00. The fourth-order valence-electron chi connectivity index (χ4n) is 1.59. The third-order valence-electron chi connectivity index (χ3n) is 2.59. The Morgan fingerprint density at radius 2 is 1.73 bits per heavy atom. The quantitative estimate of drug-likeness (QED) is 0.767. The van der Waals surface area contributed by atoms with Crippen LogP contribution in [0.4, 0.5) is 0 Å². The van der Waals surface area contributed by atoms with Crippen molar-refractivity contribution < 1.29 is 0 Å². The first-order chi connectivity index (χ1) is 7.16. The van der Waals surface area contributed by atoms with Gasteiger partial charge < -0.3 is 5.10 Å². The molecule has 0 aliphatic rings. The SMILES string of the molecule is Cc1ccc(Cc2c(C)[nH][nH]c2=O)cc1. The lowest BCUT2D eigenvalue weighted by molar-refractivity contribution is 1.02. The molecule has 1 aromatic heterocycles. The van der Waals surface area contributed by atoms with Gasteiger partial charge in [-0.15, -0.1) is 0 Å². The lowest BCUT2D eigenvalue weighted by atomic mass is 10.0. The van der Waals surface area contributed by atoms with Gasteiger partial charge in [-0.1, -0.05) is 29.8 Å². The van der Waals surface area contributed by atoms with Crippen molar-refractivity contribution >= 4 is 0 Å².